The number of hydrogen-bond acceptors (Lipinski definition) is 3. The Morgan fingerprint density at radius 3 is 2.38 bits per heavy atom. The van der Waals surface area contributed by atoms with Crippen LogP contribution in [0.5, 0.6) is 0 Å². The fourth-order valence-electron chi connectivity index (χ4n) is 2.06. The van der Waals surface area contributed by atoms with E-state index in [0.717, 1.165) is 4.90 Å². The predicted octanol–water partition coefficient (Wildman–Crippen LogP) is 2.41. The van der Waals surface area contributed by atoms with Crippen LogP contribution in [0, 0.1) is 6.92 Å². The van der Waals surface area contributed by atoms with Crippen LogP contribution in [-0.2, 0) is 14.4 Å². The minimum Gasteiger partial charge on any atom is -0.269 e. The number of fused-ring (bicyclic) bond motifs is 1. The summed E-state index contributed by atoms with van der Waals surface area (Å²) in [6.07, 6.45) is 0.624. The molecule has 0 N–H and O–H groups in total. The highest BCUT2D eigenvalue weighted by atomic mass is 35.5. The molecule has 126 valence electrons. The molecule has 2 aliphatic rings. The smallest absolute Gasteiger partial charge is 0.269 e. The van der Waals surface area contributed by atoms with Crippen molar-refractivity contribution in [2.75, 3.05) is 11.8 Å². The zero-order chi connectivity index (χ0) is 18.0. The second-order valence-electron chi connectivity index (χ2n) is 4.53. The Morgan fingerprint density at radius 1 is 1.17 bits per heavy atom. The molecule has 0 fully saturated rings. The standard InChI is InChI=1S/C13H7ClFN3O3.CH2F2/c1-6-4-7(2-3-8(6)14)17-10(19)5-9(15)18-12(21)11(20)16-13(17)18;2-1-3/h2-5H,1H3;1H2. The van der Waals surface area contributed by atoms with Crippen molar-refractivity contribution in [1.82, 2.24) is 4.90 Å². The molecule has 2 aliphatic heterocycles. The number of hydrogen-bond donors (Lipinski definition) is 0. The van der Waals surface area contributed by atoms with E-state index in [-0.39, 0.29) is 5.96 Å². The van der Waals surface area contributed by atoms with Crippen molar-refractivity contribution in [2.24, 2.45) is 4.99 Å². The first-order valence-electron chi connectivity index (χ1n) is 6.38. The number of halogens is 4. The molecule has 6 nitrogen and oxygen atoms in total. The van der Waals surface area contributed by atoms with Crippen molar-refractivity contribution in [3.8, 4) is 0 Å². The molecule has 0 bridgehead atoms. The van der Waals surface area contributed by atoms with E-state index in [2.05, 4.69) is 4.99 Å². The fourth-order valence-corrected chi connectivity index (χ4v) is 2.18. The summed E-state index contributed by atoms with van der Waals surface area (Å²) >= 11 is 5.91. The molecule has 3 amide bonds. The maximum atomic E-state index is 13.7. The van der Waals surface area contributed by atoms with Crippen molar-refractivity contribution >= 4 is 41.0 Å². The average Bonchev–Trinajstić information content (AvgIpc) is 2.79. The van der Waals surface area contributed by atoms with Crippen molar-refractivity contribution in [2.45, 2.75) is 6.92 Å². The largest absolute Gasteiger partial charge is 0.339 e. The number of anilines is 1. The quantitative estimate of drug-likeness (QED) is 0.571. The molecule has 3 rings (SSSR count). The topological polar surface area (TPSA) is 70.1 Å². The monoisotopic (exact) mass is 359 g/mol. The van der Waals surface area contributed by atoms with E-state index in [1.54, 1.807) is 19.1 Å². The highest BCUT2D eigenvalue weighted by molar-refractivity contribution is 6.48. The van der Waals surface area contributed by atoms with Gasteiger partial charge in [0.1, 0.15) is 0 Å². The second kappa shape index (κ2) is 6.83. The highest BCUT2D eigenvalue weighted by Crippen LogP contribution is 2.29. The number of alkyl halides is 2. The van der Waals surface area contributed by atoms with Gasteiger partial charge in [-0.2, -0.15) is 9.38 Å². The Kier molecular flexibility index (Phi) is 5.03. The van der Waals surface area contributed by atoms with Gasteiger partial charge in [-0.25, -0.2) is 18.6 Å². The number of aliphatic imine (C=N–C) groups is 1. The summed E-state index contributed by atoms with van der Waals surface area (Å²) in [6.45, 7) is -0.0266. The maximum Gasteiger partial charge on any atom is 0.339 e. The molecule has 1 aromatic rings. The molecule has 0 aromatic heterocycles. The normalized spacial score (nSPS) is 16.5. The van der Waals surface area contributed by atoms with Crippen LogP contribution in [0.4, 0.5) is 18.9 Å². The first kappa shape index (κ1) is 17.7. The number of benzene rings is 1. The zero-order valence-electron chi connectivity index (χ0n) is 12.1. The molecule has 0 radical (unpaired) electrons. The average molecular weight is 360 g/mol. The summed E-state index contributed by atoms with van der Waals surface area (Å²) in [5, 5.41) is 0.488. The molecule has 0 atom stereocenters. The molecule has 2 heterocycles. The summed E-state index contributed by atoms with van der Waals surface area (Å²) in [7, 11) is 0. The molecule has 0 saturated carbocycles. The first-order valence-corrected chi connectivity index (χ1v) is 6.76. The van der Waals surface area contributed by atoms with Crippen LogP contribution in [0.2, 0.25) is 5.02 Å². The highest BCUT2D eigenvalue weighted by Gasteiger charge is 2.44. The van der Waals surface area contributed by atoms with E-state index >= 15 is 0 Å². The van der Waals surface area contributed by atoms with Crippen molar-refractivity contribution < 1.29 is 27.6 Å². The number of nitrogens with zero attached hydrogens (tertiary/aromatic N) is 3. The Hall–Kier alpha value is -2.68. The van der Waals surface area contributed by atoms with Crippen molar-refractivity contribution in [3.63, 3.8) is 0 Å². The van der Waals surface area contributed by atoms with Gasteiger partial charge in [-0.05, 0) is 30.7 Å². The SMILES string of the molecule is Cc1cc(N2C(=O)C=C(F)N3C(=O)C(=O)N=C32)ccc1Cl.FCF. The molecule has 0 unspecified atom stereocenters. The van der Waals surface area contributed by atoms with E-state index in [9.17, 15) is 27.6 Å². The van der Waals surface area contributed by atoms with E-state index in [0.29, 0.717) is 27.2 Å². The van der Waals surface area contributed by atoms with Gasteiger partial charge in [-0.3, -0.25) is 14.4 Å². The van der Waals surface area contributed by atoms with Crippen LogP contribution in [0.3, 0.4) is 0 Å². The molecule has 10 heteroatoms. The molecular formula is C14H9ClF3N3O3. The van der Waals surface area contributed by atoms with Crippen LogP contribution in [0.25, 0.3) is 0 Å². The Morgan fingerprint density at radius 2 is 1.79 bits per heavy atom. The number of carbonyl (C=O) groups is 3. The number of amides is 3. The van der Waals surface area contributed by atoms with Crippen molar-refractivity contribution in [3.05, 3.63) is 40.8 Å². The van der Waals surface area contributed by atoms with Gasteiger partial charge < -0.3 is 0 Å². The first-order chi connectivity index (χ1) is 11.3. The van der Waals surface area contributed by atoms with Crippen molar-refractivity contribution in [1.29, 1.82) is 0 Å². The third-order valence-corrected chi connectivity index (χ3v) is 3.49. The number of rotatable bonds is 1. The second-order valence-corrected chi connectivity index (χ2v) is 4.94. The fraction of sp³-hybridized carbons (Fsp3) is 0.143. The molecule has 0 saturated heterocycles. The zero-order valence-corrected chi connectivity index (χ0v) is 12.9. The van der Waals surface area contributed by atoms with Gasteiger partial charge in [0, 0.05) is 5.02 Å². The number of aryl methyl sites for hydroxylation is 1. The Labute approximate surface area is 138 Å². The summed E-state index contributed by atoms with van der Waals surface area (Å²) in [4.78, 5) is 39.8. The van der Waals surface area contributed by atoms with Gasteiger partial charge in [0.15, 0.2) is 0 Å². The molecule has 24 heavy (non-hydrogen) atoms. The number of guanidine groups is 1. The van der Waals surface area contributed by atoms with Crippen LogP contribution < -0.4 is 4.90 Å². The minimum atomic E-state index is -1.75. The summed E-state index contributed by atoms with van der Waals surface area (Å²) < 4.78 is 33.0. The predicted molar refractivity (Wildman–Crippen MR) is 79.2 cm³/mol. The van der Waals surface area contributed by atoms with Gasteiger partial charge in [-0.15, -0.1) is 0 Å². The third-order valence-electron chi connectivity index (χ3n) is 3.06. The van der Waals surface area contributed by atoms with Gasteiger partial charge in [0.25, 0.3) is 5.91 Å². The Bertz CT molecular complexity index is 795. The lowest BCUT2D eigenvalue weighted by molar-refractivity contribution is -0.139. The van der Waals surface area contributed by atoms with E-state index < -0.39 is 30.6 Å². The molecule has 1 aromatic carbocycles. The molecule has 0 spiro atoms. The number of carbonyl (C=O) groups excluding carboxylic acids is 3. The van der Waals surface area contributed by atoms with Crippen LogP contribution in [0.15, 0.2) is 35.2 Å². The summed E-state index contributed by atoms with van der Waals surface area (Å²) in [5.41, 5.74) is 1.01. The van der Waals surface area contributed by atoms with Crippen LogP contribution >= 0.6 is 11.6 Å². The van der Waals surface area contributed by atoms with Gasteiger partial charge >= 0.3 is 11.8 Å². The summed E-state index contributed by atoms with van der Waals surface area (Å²) in [6, 6.07) is 4.64. The van der Waals surface area contributed by atoms with Crippen LogP contribution in [0.1, 0.15) is 5.56 Å². The lowest BCUT2D eigenvalue weighted by Gasteiger charge is -2.29. The van der Waals surface area contributed by atoms with E-state index in [1.807, 2.05) is 0 Å². The third kappa shape index (κ3) is 3.02. The molecular weight excluding hydrogens is 351 g/mol. The van der Waals surface area contributed by atoms with Gasteiger partial charge in [0.05, 0.1) is 11.8 Å². The van der Waals surface area contributed by atoms with Gasteiger partial charge in [0.2, 0.25) is 18.8 Å². The van der Waals surface area contributed by atoms with E-state index in [4.69, 9.17) is 11.6 Å². The maximum absolute atomic E-state index is 13.7. The molecule has 0 aliphatic carbocycles. The van der Waals surface area contributed by atoms with E-state index in [1.165, 1.54) is 6.07 Å². The lowest BCUT2D eigenvalue weighted by Crippen LogP contribution is -2.49. The lowest BCUT2D eigenvalue weighted by atomic mass is 10.2. The summed E-state index contributed by atoms with van der Waals surface area (Å²) in [5.74, 6) is -4.50. The minimum absolute atomic E-state index is 0.330. The van der Waals surface area contributed by atoms with Crippen LogP contribution in [-0.4, -0.2) is 35.5 Å². The van der Waals surface area contributed by atoms with Gasteiger partial charge in [-0.1, -0.05) is 11.6 Å². The Balaban J connectivity index is 0.000000647.